The van der Waals surface area contributed by atoms with Gasteiger partial charge in [0.15, 0.2) is 0 Å². The van der Waals surface area contributed by atoms with Gasteiger partial charge in [-0.25, -0.2) is 0 Å². The highest BCUT2D eigenvalue weighted by atomic mass is 16.5. The summed E-state index contributed by atoms with van der Waals surface area (Å²) in [6.07, 6.45) is 2.34. The maximum atomic E-state index is 11.8. The Morgan fingerprint density at radius 3 is 3.00 bits per heavy atom. The number of carbonyl (C=O) groups excluding carboxylic acids is 1. The molecule has 1 aromatic rings. The molecule has 1 aliphatic heterocycles. The summed E-state index contributed by atoms with van der Waals surface area (Å²) < 4.78 is 5.26. The number of rotatable bonds is 5. The first kappa shape index (κ1) is 15.6. The average molecular weight is 291 g/mol. The first-order valence-electron chi connectivity index (χ1n) is 7.57. The zero-order valence-electron chi connectivity index (χ0n) is 12.9. The number of benzene rings is 1. The zero-order chi connectivity index (χ0) is 15.2. The van der Waals surface area contributed by atoms with Gasteiger partial charge < -0.3 is 20.7 Å². The van der Waals surface area contributed by atoms with Crippen LogP contribution in [-0.4, -0.2) is 39.3 Å². The number of ether oxygens (including phenoxy) is 1. The summed E-state index contributed by atoms with van der Waals surface area (Å²) in [7, 11) is 1.74. The van der Waals surface area contributed by atoms with Crippen molar-refractivity contribution >= 4 is 17.3 Å². The van der Waals surface area contributed by atoms with E-state index in [4.69, 9.17) is 10.5 Å². The van der Waals surface area contributed by atoms with Crippen LogP contribution in [-0.2, 0) is 4.74 Å². The smallest absolute Gasteiger partial charge is 0.251 e. The van der Waals surface area contributed by atoms with Crippen molar-refractivity contribution in [3.63, 3.8) is 0 Å². The van der Waals surface area contributed by atoms with E-state index in [2.05, 4.69) is 10.2 Å². The Morgan fingerprint density at radius 1 is 1.52 bits per heavy atom. The number of nitrogens with zero attached hydrogens (tertiary/aromatic N) is 1. The lowest BCUT2D eigenvalue weighted by atomic mass is 9.98. The predicted molar refractivity (Wildman–Crippen MR) is 85.7 cm³/mol. The van der Waals surface area contributed by atoms with Gasteiger partial charge >= 0.3 is 0 Å². The van der Waals surface area contributed by atoms with E-state index in [1.807, 2.05) is 19.1 Å². The normalized spacial score (nSPS) is 18.6. The van der Waals surface area contributed by atoms with Gasteiger partial charge in [0.1, 0.15) is 0 Å². The van der Waals surface area contributed by atoms with Gasteiger partial charge in [-0.05, 0) is 43.9 Å². The Kier molecular flexibility index (Phi) is 5.44. The molecule has 1 heterocycles. The summed E-state index contributed by atoms with van der Waals surface area (Å²) in [5.41, 5.74) is 8.45. The maximum absolute atomic E-state index is 11.8. The Bertz CT molecular complexity index is 488. The van der Waals surface area contributed by atoms with E-state index in [1.165, 1.54) is 6.42 Å². The van der Waals surface area contributed by atoms with Crippen LogP contribution in [0.1, 0.15) is 30.1 Å². The summed E-state index contributed by atoms with van der Waals surface area (Å²) >= 11 is 0. The molecule has 0 saturated carbocycles. The highest BCUT2D eigenvalue weighted by molar-refractivity contribution is 5.96. The lowest BCUT2D eigenvalue weighted by Crippen LogP contribution is -2.37. The van der Waals surface area contributed by atoms with Crippen molar-refractivity contribution in [3.8, 4) is 0 Å². The van der Waals surface area contributed by atoms with Crippen molar-refractivity contribution in [2.45, 2.75) is 19.8 Å². The molecule has 1 aliphatic rings. The lowest BCUT2D eigenvalue weighted by Gasteiger charge is -2.34. The summed E-state index contributed by atoms with van der Waals surface area (Å²) in [5.74, 6) is 0.470. The molecule has 1 amide bonds. The molecule has 116 valence electrons. The molecule has 5 heteroatoms. The molecule has 1 saturated heterocycles. The zero-order valence-corrected chi connectivity index (χ0v) is 12.9. The van der Waals surface area contributed by atoms with E-state index in [0.29, 0.717) is 23.7 Å². The number of anilines is 2. The number of amides is 1. The van der Waals surface area contributed by atoms with Crippen LogP contribution in [0.25, 0.3) is 0 Å². The fourth-order valence-corrected chi connectivity index (χ4v) is 2.90. The number of nitrogens with one attached hydrogen (secondary N) is 1. The van der Waals surface area contributed by atoms with Crippen molar-refractivity contribution in [2.24, 2.45) is 5.92 Å². The fourth-order valence-electron chi connectivity index (χ4n) is 2.90. The third-order valence-corrected chi connectivity index (χ3v) is 3.89. The molecule has 5 nitrogen and oxygen atoms in total. The minimum absolute atomic E-state index is 0.0772. The second kappa shape index (κ2) is 7.31. The Morgan fingerprint density at radius 2 is 2.33 bits per heavy atom. The number of nitrogens with two attached hydrogens (primary N) is 1. The fraction of sp³-hybridized carbons (Fsp3) is 0.562. The molecule has 1 fully saturated rings. The van der Waals surface area contributed by atoms with Gasteiger partial charge in [-0.3, -0.25) is 4.79 Å². The van der Waals surface area contributed by atoms with E-state index in [-0.39, 0.29) is 5.91 Å². The minimum atomic E-state index is -0.0772. The van der Waals surface area contributed by atoms with Crippen LogP contribution in [0, 0.1) is 5.92 Å². The van der Waals surface area contributed by atoms with Crippen molar-refractivity contribution in [1.29, 1.82) is 0 Å². The summed E-state index contributed by atoms with van der Waals surface area (Å²) in [4.78, 5) is 14.1. The molecule has 1 aromatic carbocycles. The average Bonchev–Trinajstić information content (AvgIpc) is 2.48. The van der Waals surface area contributed by atoms with Crippen molar-refractivity contribution in [3.05, 3.63) is 23.8 Å². The van der Waals surface area contributed by atoms with Crippen molar-refractivity contribution in [1.82, 2.24) is 5.32 Å². The third-order valence-electron chi connectivity index (χ3n) is 3.89. The molecule has 1 unspecified atom stereocenters. The van der Waals surface area contributed by atoms with E-state index in [0.717, 1.165) is 31.8 Å². The van der Waals surface area contributed by atoms with Crippen LogP contribution in [0.3, 0.4) is 0 Å². The molecule has 0 spiro atoms. The van der Waals surface area contributed by atoms with Gasteiger partial charge in [0.05, 0.1) is 18.0 Å². The van der Waals surface area contributed by atoms with Crippen molar-refractivity contribution < 1.29 is 9.53 Å². The molecular formula is C16H25N3O2. The molecule has 0 aromatic heterocycles. The van der Waals surface area contributed by atoms with Gasteiger partial charge in [0, 0.05) is 32.3 Å². The molecular weight excluding hydrogens is 266 g/mol. The standard InChI is InChI=1S/C16H25N3O2/c1-3-18-16(20)13-6-7-15(14(17)9-13)19-8-4-5-12(10-19)11-21-2/h6-7,9,12H,3-5,8,10-11,17H2,1-2H3,(H,18,20). The number of piperidine rings is 1. The van der Waals surface area contributed by atoms with Crippen molar-refractivity contribution in [2.75, 3.05) is 44.0 Å². The van der Waals surface area contributed by atoms with Crippen LogP contribution < -0.4 is 16.0 Å². The number of hydrogen-bond donors (Lipinski definition) is 2. The summed E-state index contributed by atoms with van der Waals surface area (Å²) in [6.45, 7) is 5.27. The van der Waals surface area contributed by atoms with Gasteiger partial charge in [0.2, 0.25) is 0 Å². The number of carbonyl (C=O) groups is 1. The number of hydrogen-bond acceptors (Lipinski definition) is 4. The van der Waals surface area contributed by atoms with Gasteiger partial charge in [0.25, 0.3) is 5.91 Å². The van der Waals surface area contributed by atoms with Gasteiger partial charge in [-0.15, -0.1) is 0 Å². The second-order valence-corrected chi connectivity index (χ2v) is 5.54. The summed E-state index contributed by atoms with van der Waals surface area (Å²) in [6, 6.07) is 5.56. The summed E-state index contributed by atoms with van der Waals surface area (Å²) in [5, 5.41) is 2.79. The van der Waals surface area contributed by atoms with Gasteiger partial charge in [-0.2, -0.15) is 0 Å². The van der Waals surface area contributed by atoms with E-state index < -0.39 is 0 Å². The monoisotopic (exact) mass is 291 g/mol. The predicted octanol–water partition coefficient (Wildman–Crippen LogP) is 1.88. The molecule has 2 rings (SSSR count). The Hall–Kier alpha value is -1.75. The second-order valence-electron chi connectivity index (χ2n) is 5.54. The molecule has 21 heavy (non-hydrogen) atoms. The van der Waals surface area contributed by atoms with Gasteiger partial charge in [-0.1, -0.05) is 0 Å². The molecule has 0 radical (unpaired) electrons. The lowest BCUT2D eigenvalue weighted by molar-refractivity contribution is 0.0956. The van der Waals surface area contributed by atoms with Crippen LogP contribution in [0.15, 0.2) is 18.2 Å². The first-order valence-corrected chi connectivity index (χ1v) is 7.57. The highest BCUT2D eigenvalue weighted by Gasteiger charge is 2.21. The Balaban J connectivity index is 2.11. The Labute approximate surface area is 126 Å². The van der Waals surface area contributed by atoms with Crippen LogP contribution in [0.5, 0.6) is 0 Å². The number of methoxy groups -OCH3 is 1. The molecule has 3 N–H and O–H groups in total. The minimum Gasteiger partial charge on any atom is -0.397 e. The van der Waals surface area contributed by atoms with Crippen LogP contribution in [0.2, 0.25) is 0 Å². The van der Waals surface area contributed by atoms with E-state index in [1.54, 1.807) is 13.2 Å². The quantitative estimate of drug-likeness (QED) is 0.813. The highest BCUT2D eigenvalue weighted by Crippen LogP contribution is 2.29. The molecule has 1 atom stereocenters. The number of nitrogen functional groups attached to an aromatic ring is 1. The molecule has 0 bridgehead atoms. The maximum Gasteiger partial charge on any atom is 0.251 e. The van der Waals surface area contributed by atoms with Crippen LogP contribution >= 0.6 is 0 Å². The molecule has 0 aliphatic carbocycles. The van der Waals surface area contributed by atoms with Crippen LogP contribution in [0.4, 0.5) is 11.4 Å². The largest absolute Gasteiger partial charge is 0.397 e. The topological polar surface area (TPSA) is 67.6 Å². The first-order chi connectivity index (χ1) is 10.2. The SMILES string of the molecule is CCNC(=O)c1ccc(N2CCCC(COC)C2)c(N)c1. The van der Waals surface area contributed by atoms with E-state index >= 15 is 0 Å². The van der Waals surface area contributed by atoms with E-state index in [9.17, 15) is 4.79 Å². The third kappa shape index (κ3) is 3.88.